The van der Waals surface area contributed by atoms with Crippen LogP contribution in [0.25, 0.3) is 33.4 Å². The molecule has 0 radical (unpaired) electrons. The molecule has 0 amide bonds. The van der Waals surface area contributed by atoms with Gasteiger partial charge >= 0.3 is 0 Å². The summed E-state index contributed by atoms with van der Waals surface area (Å²) in [6.45, 7) is 11.0. The maximum atomic E-state index is 2.42. The van der Waals surface area contributed by atoms with Gasteiger partial charge in [-0.3, -0.25) is 0 Å². The van der Waals surface area contributed by atoms with E-state index in [9.17, 15) is 0 Å². The predicted molar refractivity (Wildman–Crippen MR) is 235 cm³/mol. The van der Waals surface area contributed by atoms with Crippen molar-refractivity contribution in [3.63, 3.8) is 0 Å². The number of hydrogen-bond donors (Lipinski definition) is 0. The topological polar surface area (TPSA) is 3.24 Å². The average molecular weight is 712 g/mol. The molecule has 0 N–H and O–H groups in total. The lowest BCUT2D eigenvalue weighted by molar-refractivity contribution is 0.660. The fraction of sp³-hybridized carbons (Fsp3) is 0.148. The van der Waals surface area contributed by atoms with Crippen molar-refractivity contribution >= 4 is 11.4 Å². The van der Waals surface area contributed by atoms with Crippen LogP contribution >= 0.6 is 0 Å². The van der Waals surface area contributed by atoms with E-state index in [0.717, 1.165) is 6.42 Å². The monoisotopic (exact) mass is 711 g/mol. The Hall–Kier alpha value is -6.18. The zero-order valence-electron chi connectivity index (χ0n) is 32.6. The van der Waals surface area contributed by atoms with E-state index in [4.69, 9.17) is 0 Å². The summed E-state index contributed by atoms with van der Waals surface area (Å²) in [6, 6.07) is 61.0. The molecule has 7 aromatic carbocycles. The van der Waals surface area contributed by atoms with Crippen molar-refractivity contribution in [3.8, 4) is 33.4 Å². The van der Waals surface area contributed by atoms with E-state index < -0.39 is 0 Å². The van der Waals surface area contributed by atoms with Gasteiger partial charge in [-0.15, -0.1) is 0 Å². The van der Waals surface area contributed by atoms with Gasteiger partial charge in [-0.1, -0.05) is 188 Å². The molecule has 0 bridgehead atoms. The molecule has 1 atom stereocenters. The quantitative estimate of drug-likeness (QED) is 0.176. The fourth-order valence-corrected chi connectivity index (χ4v) is 8.30. The van der Waals surface area contributed by atoms with E-state index in [1.165, 1.54) is 83.8 Å². The first kappa shape index (κ1) is 35.8. The summed E-state index contributed by atoms with van der Waals surface area (Å²) in [5.41, 5.74) is 20.3. The number of anilines is 2. The summed E-state index contributed by atoms with van der Waals surface area (Å²) in [4.78, 5) is 2.42. The molecule has 0 fully saturated rings. The highest BCUT2D eigenvalue weighted by molar-refractivity contribution is 5.82. The van der Waals surface area contributed by atoms with Crippen molar-refractivity contribution in [1.82, 2.24) is 0 Å². The minimum absolute atomic E-state index is 0.151. The van der Waals surface area contributed by atoms with E-state index in [0.29, 0.717) is 5.92 Å². The fourth-order valence-electron chi connectivity index (χ4n) is 8.30. The van der Waals surface area contributed by atoms with E-state index in [-0.39, 0.29) is 5.41 Å². The first-order valence-corrected chi connectivity index (χ1v) is 19.5. The van der Waals surface area contributed by atoms with Crippen LogP contribution in [-0.4, -0.2) is 0 Å². The van der Waals surface area contributed by atoms with Crippen LogP contribution in [0.3, 0.4) is 0 Å². The van der Waals surface area contributed by atoms with Gasteiger partial charge in [0, 0.05) is 28.4 Å². The van der Waals surface area contributed by atoms with Crippen LogP contribution in [0.2, 0.25) is 0 Å². The lowest BCUT2D eigenvalue weighted by atomic mass is 9.82. The highest BCUT2D eigenvalue weighted by Gasteiger charge is 2.36. The molecular weight excluding hydrogens is 663 g/mol. The van der Waals surface area contributed by atoms with E-state index in [1.807, 2.05) is 6.07 Å². The van der Waals surface area contributed by atoms with Crippen molar-refractivity contribution in [3.05, 3.63) is 227 Å². The minimum atomic E-state index is 0.151. The second-order valence-electron chi connectivity index (χ2n) is 15.6. The van der Waals surface area contributed by atoms with Gasteiger partial charge in [-0.2, -0.15) is 0 Å². The van der Waals surface area contributed by atoms with E-state index in [2.05, 4.69) is 222 Å². The van der Waals surface area contributed by atoms with E-state index in [1.54, 1.807) is 0 Å². The number of para-hydroxylation sites is 1. The number of allylic oxidation sites excluding steroid dienone is 4. The molecule has 0 aromatic heterocycles. The highest BCUT2D eigenvalue weighted by atomic mass is 15.2. The van der Waals surface area contributed by atoms with Gasteiger partial charge in [-0.25, -0.2) is 0 Å². The molecule has 0 saturated carbocycles. The molecule has 10 rings (SSSR count). The molecule has 2 aliphatic carbocycles. The zero-order chi connectivity index (χ0) is 37.9. The molecule has 0 saturated heterocycles. The maximum Gasteiger partial charge on any atom is 0.0497 e. The maximum absolute atomic E-state index is 2.42. The van der Waals surface area contributed by atoms with Crippen LogP contribution in [-0.2, 0) is 5.41 Å². The molecule has 1 nitrogen and oxygen atoms in total. The minimum Gasteiger partial charge on any atom is -0.313 e. The highest BCUT2D eigenvalue weighted by Crippen LogP contribution is 2.51. The number of aryl methyl sites for hydroxylation is 3. The number of nitrogens with zero attached hydrogens (tertiary/aromatic N) is 1. The molecule has 0 spiro atoms. The lowest BCUT2D eigenvalue weighted by Gasteiger charge is -2.24. The third kappa shape index (κ3) is 7.23. The summed E-state index contributed by atoms with van der Waals surface area (Å²) in [5.74, 6) is 0.445. The Labute approximate surface area is 328 Å². The summed E-state index contributed by atoms with van der Waals surface area (Å²) >= 11 is 0. The van der Waals surface area contributed by atoms with Crippen LogP contribution in [0.1, 0.15) is 59.6 Å². The molecule has 270 valence electrons. The van der Waals surface area contributed by atoms with Crippen LogP contribution in [0.5, 0.6) is 0 Å². The molecule has 1 heteroatoms. The van der Waals surface area contributed by atoms with Crippen molar-refractivity contribution in [2.24, 2.45) is 0 Å². The number of fused-ring (bicyclic) bond motifs is 6. The van der Waals surface area contributed by atoms with Gasteiger partial charge < -0.3 is 4.90 Å². The van der Waals surface area contributed by atoms with Crippen LogP contribution in [0.4, 0.5) is 11.4 Å². The molecule has 3 aliphatic rings. The molecule has 1 unspecified atom stereocenters. The largest absolute Gasteiger partial charge is 0.313 e. The van der Waals surface area contributed by atoms with Crippen LogP contribution < -0.4 is 4.90 Å². The Kier molecular flexibility index (Phi) is 9.96. The Morgan fingerprint density at radius 1 is 0.491 bits per heavy atom. The summed E-state index contributed by atoms with van der Waals surface area (Å²) in [5, 5.41) is 0. The predicted octanol–water partition coefficient (Wildman–Crippen LogP) is 14.7. The van der Waals surface area contributed by atoms with Gasteiger partial charge in [-0.05, 0) is 108 Å². The normalized spacial score (nSPS) is 15.3. The molecule has 55 heavy (non-hydrogen) atoms. The number of hydrogen-bond acceptors (Lipinski definition) is 1. The standard InChI is InChI=1S/C25H21N.C16H16.C13H12/c1-18-11-13-19(14-12-18)20-15-16-25-23(17-20)22-9-5-6-10-24(22)26(25)21-7-3-2-4-8-21;1-11-8-9-13-12-6-4-5-7-14(12)16(2,3)15(13)10-11;1-11-7-9-13(10-8-11)12-5-3-2-4-6-12/h2-8,10-17,22H,9H2,1H3;4-10H,1-3H3;2-10H,1H3. The molecule has 1 aliphatic heterocycles. The first-order chi connectivity index (χ1) is 26.8. The summed E-state index contributed by atoms with van der Waals surface area (Å²) in [6.07, 6.45) is 7.81. The molecule has 7 aromatic rings. The third-order valence-electron chi connectivity index (χ3n) is 11.3. The lowest BCUT2D eigenvalue weighted by Crippen LogP contribution is -2.14. The van der Waals surface area contributed by atoms with Crippen LogP contribution in [0, 0.1) is 20.8 Å². The Bertz CT molecular complexity index is 2480. The summed E-state index contributed by atoms with van der Waals surface area (Å²) < 4.78 is 0. The molecular formula is C54H49N. The number of rotatable bonds is 3. The molecule has 1 heterocycles. The SMILES string of the molecule is Cc1ccc(-c2ccc3c(c2)C2CC=CC=C2N3c2ccccc2)cc1.Cc1ccc(-c2ccccc2)cc1.Cc1ccc2c(c1)C(C)(C)c1ccccc1-2. The first-order valence-electron chi connectivity index (χ1n) is 19.5. The van der Waals surface area contributed by atoms with Gasteiger partial charge in [0.15, 0.2) is 0 Å². The second kappa shape index (κ2) is 15.3. The van der Waals surface area contributed by atoms with Gasteiger partial charge in [0.2, 0.25) is 0 Å². The van der Waals surface area contributed by atoms with Crippen molar-refractivity contribution in [1.29, 1.82) is 0 Å². The number of benzene rings is 7. The third-order valence-corrected chi connectivity index (χ3v) is 11.3. The van der Waals surface area contributed by atoms with Gasteiger partial charge in [0.1, 0.15) is 0 Å². The van der Waals surface area contributed by atoms with Crippen LogP contribution in [0.15, 0.2) is 194 Å². The smallest absolute Gasteiger partial charge is 0.0497 e. The average Bonchev–Trinajstić information content (AvgIpc) is 3.67. The van der Waals surface area contributed by atoms with Gasteiger partial charge in [0.05, 0.1) is 0 Å². The summed E-state index contributed by atoms with van der Waals surface area (Å²) in [7, 11) is 0. The van der Waals surface area contributed by atoms with Crippen molar-refractivity contribution in [2.45, 2.75) is 52.4 Å². The van der Waals surface area contributed by atoms with Crippen molar-refractivity contribution < 1.29 is 0 Å². The Morgan fingerprint density at radius 3 is 1.73 bits per heavy atom. The second-order valence-corrected chi connectivity index (χ2v) is 15.6. The van der Waals surface area contributed by atoms with Crippen molar-refractivity contribution in [2.75, 3.05) is 4.90 Å². The zero-order valence-corrected chi connectivity index (χ0v) is 32.6. The van der Waals surface area contributed by atoms with E-state index >= 15 is 0 Å². The van der Waals surface area contributed by atoms with Gasteiger partial charge in [0.25, 0.3) is 0 Å². The Balaban J connectivity index is 0.000000126. The Morgan fingerprint density at radius 2 is 1.04 bits per heavy atom.